The molecule has 1 heteroatoms. The van der Waals surface area contributed by atoms with E-state index in [2.05, 4.69) is 86.6 Å². The van der Waals surface area contributed by atoms with Crippen molar-refractivity contribution in [1.82, 2.24) is 0 Å². The maximum Gasteiger partial charge on any atom is 0.123 e. The van der Waals surface area contributed by atoms with Gasteiger partial charge in [0.1, 0.15) is 5.82 Å². The molecule has 5 rings (SSSR count). The second kappa shape index (κ2) is 10.8. The van der Waals surface area contributed by atoms with Crippen molar-refractivity contribution in [2.45, 2.75) is 64.2 Å². The first kappa shape index (κ1) is 24.5. The minimum absolute atomic E-state index is 0.194. The van der Waals surface area contributed by atoms with Crippen LogP contribution in [0.5, 0.6) is 0 Å². The number of rotatable bonds is 7. The SMILES string of the molecule is CCc1ccc(C(c2ccc(CC)cc2)(c2ccc(-c3ccc(F)cc3)cc2)C2CCCCC2)cc1. The Balaban J connectivity index is 1.70. The first-order valence-corrected chi connectivity index (χ1v) is 13.7. The van der Waals surface area contributed by atoms with E-state index in [4.69, 9.17) is 0 Å². The zero-order chi connectivity index (χ0) is 25.0. The third-order valence-corrected chi connectivity index (χ3v) is 8.37. The van der Waals surface area contributed by atoms with Crippen molar-refractivity contribution in [1.29, 1.82) is 0 Å². The smallest absolute Gasteiger partial charge is 0.123 e. The van der Waals surface area contributed by atoms with Crippen molar-refractivity contribution >= 4 is 0 Å². The largest absolute Gasteiger partial charge is 0.207 e. The highest BCUT2D eigenvalue weighted by atomic mass is 19.1. The van der Waals surface area contributed by atoms with Gasteiger partial charge < -0.3 is 0 Å². The van der Waals surface area contributed by atoms with Gasteiger partial charge >= 0.3 is 0 Å². The molecule has 0 amide bonds. The van der Waals surface area contributed by atoms with E-state index < -0.39 is 0 Å². The number of aryl methyl sites for hydroxylation is 2. The Morgan fingerprint density at radius 2 is 0.944 bits per heavy atom. The summed E-state index contributed by atoms with van der Waals surface area (Å²) in [7, 11) is 0. The highest BCUT2D eigenvalue weighted by Gasteiger charge is 2.43. The molecule has 0 saturated heterocycles. The average Bonchev–Trinajstić information content (AvgIpc) is 2.95. The fourth-order valence-electron chi connectivity index (χ4n) is 6.32. The summed E-state index contributed by atoms with van der Waals surface area (Å²) < 4.78 is 13.5. The van der Waals surface area contributed by atoms with E-state index in [0.717, 1.165) is 24.0 Å². The Kier molecular flexibility index (Phi) is 7.37. The van der Waals surface area contributed by atoms with Gasteiger partial charge in [-0.2, -0.15) is 0 Å². The van der Waals surface area contributed by atoms with Crippen LogP contribution in [-0.4, -0.2) is 0 Å². The third kappa shape index (κ3) is 4.64. The first-order chi connectivity index (χ1) is 17.6. The highest BCUT2D eigenvalue weighted by molar-refractivity contribution is 5.65. The molecule has 1 saturated carbocycles. The Labute approximate surface area is 216 Å². The van der Waals surface area contributed by atoms with Crippen LogP contribution in [0.1, 0.15) is 73.8 Å². The van der Waals surface area contributed by atoms with Gasteiger partial charge in [-0.3, -0.25) is 0 Å². The summed E-state index contributed by atoms with van der Waals surface area (Å²) in [6.45, 7) is 4.45. The van der Waals surface area contributed by atoms with Gasteiger partial charge in [0.15, 0.2) is 0 Å². The molecule has 1 fully saturated rings. The molecule has 4 aromatic carbocycles. The minimum atomic E-state index is -0.197. The van der Waals surface area contributed by atoms with Crippen molar-refractivity contribution in [3.05, 3.63) is 131 Å². The monoisotopic (exact) mass is 476 g/mol. The molecule has 0 atom stereocenters. The van der Waals surface area contributed by atoms with E-state index in [0.29, 0.717) is 5.92 Å². The molecule has 0 radical (unpaired) electrons. The van der Waals surface area contributed by atoms with Crippen LogP contribution in [0.4, 0.5) is 4.39 Å². The quantitative estimate of drug-likeness (QED) is 0.233. The van der Waals surface area contributed by atoms with Crippen LogP contribution in [0.2, 0.25) is 0 Å². The average molecular weight is 477 g/mol. The second-order valence-corrected chi connectivity index (χ2v) is 10.3. The summed E-state index contributed by atoms with van der Waals surface area (Å²) in [5, 5.41) is 0. The van der Waals surface area contributed by atoms with Crippen LogP contribution in [-0.2, 0) is 18.3 Å². The van der Waals surface area contributed by atoms with Crippen LogP contribution in [0, 0.1) is 11.7 Å². The highest BCUT2D eigenvalue weighted by Crippen LogP contribution is 2.50. The number of hydrogen-bond acceptors (Lipinski definition) is 0. The minimum Gasteiger partial charge on any atom is -0.207 e. The molecule has 4 aromatic rings. The van der Waals surface area contributed by atoms with E-state index in [9.17, 15) is 4.39 Å². The van der Waals surface area contributed by atoms with Crippen molar-refractivity contribution in [2.75, 3.05) is 0 Å². The maximum atomic E-state index is 13.5. The first-order valence-electron chi connectivity index (χ1n) is 13.7. The van der Waals surface area contributed by atoms with Gasteiger partial charge in [-0.25, -0.2) is 4.39 Å². The number of benzene rings is 4. The molecule has 36 heavy (non-hydrogen) atoms. The second-order valence-electron chi connectivity index (χ2n) is 10.3. The molecule has 0 aliphatic heterocycles. The van der Waals surface area contributed by atoms with Gasteiger partial charge in [0.2, 0.25) is 0 Å². The molecule has 0 nitrogen and oxygen atoms in total. The molecular weight excluding hydrogens is 439 g/mol. The fourth-order valence-corrected chi connectivity index (χ4v) is 6.32. The van der Waals surface area contributed by atoms with E-state index in [-0.39, 0.29) is 11.2 Å². The lowest BCUT2D eigenvalue weighted by atomic mass is 9.58. The molecule has 0 spiro atoms. The molecule has 0 bridgehead atoms. The van der Waals surface area contributed by atoms with Crippen LogP contribution < -0.4 is 0 Å². The lowest BCUT2D eigenvalue weighted by Gasteiger charge is -2.45. The summed E-state index contributed by atoms with van der Waals surface area (Å²) in [5.41, 5.74) is 8.88. The zero-order valence-corrected chi connectivity index (χ0v) is 21.6. The summed E-state index contributed by atoms with van der Waals surface area (Å²) in [5.74, 6) is 0.348. The molecular formula is C35H37F. The molecule has 0 unspecified atom stereocenters. The lowest BCUT2D eigenvalue weighted by Crippen LogP contribution is -2.39. The molecule has 1 aliphatic rings. The maximum absolute atomic E-state index is 13.5. The normalized spacial score (nSPS) is 14.6. The summed E-state index contributed by atoms with van der Waals surface area (Å²) >= 11 is 0. The lowest BCUT2D eigenvalue weighted by molar-refractivity contribution is 0.271. The van der Waals surface area contributed by atoms with Gasteiger partial charge in [-0.15, -0.1) is 0 Å². The number of hydrogen-bond donors (Lipinski definition) is 0. The van der Waals surface area contributed by atoms with Crippen molar-refractivity contribution < 1.29 is 4.39 Å². The van der Waals surface area contributed by atoms with Gasteiger partial charge in [-0.1, -0.05) is 118 Å². The van der Waals surface area contributed by atoms with Gasteiger partial charge in [0.25, 0.3) is 0 Å². The van der Waals surface area contributed by atoms with Crippen LogP contribution in [0.25, 0.3) is 11.1 Å². The molecule has 0 heterocycles. The topological polar surface area (TPSA) is 0 Å². The van der Waals surface area contributed by atoms with Crippen LogP contribution in [0.15, 0.2) is 97.1 Å². The fraction of sp³-hybridized carbons (Fsp3) is 0.314. The molecule has 0 N–H and O–H groups in total. The third-order valence-electron chi connectivity index (χ3n) is 8.37. The van der Waals surface area contributed by atoms with Crippen molar-refractivity contribution in [3.63, 3.8) is 0 Å². The molecule has 184 valence electrons. The van der Waals surface area contributed by atoms with E-state index in [1.165, 1.54) is 59.9 Å². The van der Waals surface area contributed by atoms with Gasteiger partial charge in [0, 0.05) is 5.41 Å². The van der Waals surface area contributed by atoms with Crippen LogP contribution in [0.3, 0.4) is 0 Å². The summed E-state index contributed by atoms with van der Waals surface area (Å²) in [6, 6.07) is 34.7. The Morgan fingerprint density at radius 3 is 1.36 bits per heavy atom. The summed E-state index contributed by atoms with van der Waals surface area (Å²) in [4.78, 5) is 0. The van der Waals surface area contributed by atoms with E-state index >= 15 is 0 Å². The van der Waals surface area contributed by atoms with Crippen molar-refractivity contribution in [3.8, 4) is 11.1 Å². The molecule has 1 aliphatic carbocycles. The Bertz CT molecular complexity index is 1200. The Hall–Kier alpha value is -3.19. The predicted octanol–water partition coefficient (Wildman–Crippen LogP) is 9.53. The van der Waals surface area contributed by atoms with E-state index in [1.54, 1.807) is 12.1 Å². The van der Waals surface area contributed by atoms with Gasteiger partial charge in [-0.05, 0) is 82.7 Å². The van der Waals surface area contributed by atoms with Crippen LogP contribution >= 0.6 is 0 Å². The van der Waals surface area contributed by atoms with Gasteiger partial charge in [0.05, 0.1) is 0 Å². The van der Waals surface area contributed by atoms with E-state index in [1.807, 2.05) is 12.1 Å². The van der Waals surface area contributed by atoms with Crippen molar-refractivity contribution in [2.24, 2.45) is 5.92 Å². The zero-order valence-electron chi connectivity index (χ0n) is 21.6. The molecule has 0 aromatic heterocycles. The standard InChI is InChI=1S/C35H37F/c1-3-26-10-18-31(19-11-26)35(30-8-6-5-7-9-30,32-20-12-27(4-2)13-21-32)33-22-14-28(15-23-33)29-16-24-34(36)25-17-29/h10-25,30H,3-9H2,1-2H3. The predicted molar refractivity (Wildman–Crippen MR) is 150 cm³/mol. The number of halogens is 1. The summed E-state index contributed by atoms with van der Waals surface area (Å²) in [6.07, 6.45) is 8.50. The Morgan fingerprint density at radius 1 is 0.556 bits per heavy atom.